The molecule has 2 nitrogen and oxygen atoms in total. The third-order valence-corrected chi connectivity index (χ3v) is 5.42. The highest BCUT2D eigenvalue weighted by molar-refractivity contribution is 5.50. The molecule has 1 aliphatic carbocycles. The monoisotopic (exact) mass is 358 g/mol. The van der Waals surface area contributed by atoms with Gasteiger partial charge in [-0.3, -0.25) is 0 Å². The molecule has 0 bridgehead atoms. The van der Waals surface area contributed by atoms with E-state index in [1.807, 2.05) is 6.92 Å². The van der Waals surface area contributed by atoms with Crippen LogP contribution in [0.5, 0.6) is 0 Å². The molecule has 0 N–H and O–H groups in total. The van der Waals surface area contributed by atoms with Crippen molar-refractivity contribution in [2.75, 3.05) is 13.2 Å². The molecule has 1 aliphatic heterocycles. The van der Waals surface area contributed by atoms with E-state index in [0.717, 1.165) is 32.1 Å². The average molecular weight is 358 g/mol. The molecular formula is C23H31FO2. The second-order valence-corrected chi connectivity index (χ2v) is 7.62. The van der Waals surface area contributed by atoms with Crippen LogP contribution in [0.15, 0.2) is 42.0 Å². The molecule has 1 saturated heterocycles. The maximum Gasteiger partial charge on any atom is 0.180 e. The quantitative estimate of drug-likeness (QED) is 0.592. The Balaban J connectivity index is 1.49. The van der Waals surface area contributed by atoms with Crippen LogP contribution in [0.4, 0.5) is 4.39 Å². The van der Waals surface area contributed by atoms with E-state index in [9.17, 15) is 4.39 Å². The molecule has 1 aromatic carbocycles. The summed E-state index contributed by atoms with van der Waals surface area (Å²) < 4.78 is 25.8. The van der Waals surface area contributed by atoms with Gasteiger partial charge in [-0.05, 0) is 54.7 Å². The Labute approximate surface area is 157 Å². The van der Waals surface area contributed by atoms with E-state index in [1.165, 1.54) is 16.7 Å². The van der Waals surface area contributed by atoms with Crippen LogP contribution >= 0.6 is 0 Å². The van der Waals surface area contributed by atoms with Crippen LogP contribution in [-0.2, 0) is 15.9 Å². The molecule has 0 spiro atoms. The van der Waals surface area contributed by atoms with Gasteiger partial charge in [-0.1, -0.05) is 62.8 Å². The minimum atomic E-state index is -1.31. The van der Waals surface area contributed by atoms with Gasteiger partial charge in [0.15, 0.2) is 12.0 Å². The third kappa shape index (κ3) is 5.05. The van der Waals surface area contributed by atoms with Crippen molar-refractivity contribution in [2.24, 2.45) is 5.92 Å². The predicted molar refractivity (Wildman–Crippen MR) is 105 cm³/mol. The van der Waals surface area contributed by atoms with Crippen molar-refractivity contribution in [1.29, 1.82) is 0 Å². The SMILES string of the molecule is CCCC1(F)COC(C2=CCC(/C=C/c3ccc(CC)cc3)CC2)OC1. The lowest BCUT2D eigenvalue weighted by atomic mass is 9.88. The van der Waals surface area contributed by atoms with Crippen molar-refractivity contribution in [1.82, 2.24) is 0 Å². The van der Waals surface area contributed by atoms with Crippen LogP contribution in [-0.4, -0.2) is 25.2 Å². The van der Waals surface area contributed by atoms with Crippen LogP contribution in [0.3, 0.4) is 0 Å². The molecule has 0 aromatic heterocycles. The summed E-state index contributed by atoms with van der Waals surface area (Å²) in [7, 11) is 0. The summed E-state index contributed by atoms with van der Waals surface area (Å²) in [6, 6.07) is 8.75. The van der Waals surface area contributed by atoms with Crippen molar-refractivity contribution in [3.05, 3.63) is 53.1 Å². The van der Waals surface area contributed by atoms with Gasteiger partial charge < -0.3 is 9.47 Å². The zero-order chi connectivity index (χ0) is 18.4. The standard InChI is InChI=1S/C23H31FO2/c1-3-15-23(24)16-25-22(26-17-23)21-13-11-20(12-14-21)10-9-19-7-5-18(4-2)6-8-19/h5-10,13,20,22H,3-4,11-12,14-17H2,1-2H3/b10-9+. The molecule has 2 aliphatic rings. The number of halogens is 1. The normalized spacial score (nSPS) is 29.7. The van der Waals surface area contributed by atoms with E-state index in [-0.39, 0.29) is 19.5 Å². The lowest BCUT2D eigenvalue weighted by molar-refractivity contribution is -0.218. The van der Waals surface area contributed by atoms with E-state index in [0.29, 0.717) is 12.3 Å². The van der Waals surface area contributed by atoms with Crippen LogP contribution < -0.4 is 0 Å². The Hall–Kier alpha value is -1.45. The van der Waals surface area contributed by atoms with Crippen molar-refractivity contribution in [3.8, 4) is 0 Å². The van der Waals surface area contributed by atoms with Gasteiger partial charge in [0.1, 0.15) is 0 Å². The van der Waals surface area contributed by atoms with Gasteiger partial charge in [-0.25, -0.2) is 4.39 Å². The van der Waals surface area contributed by atoms with E-state index < -0.39 is 5.67 Å². The zero-order valence-electron chi connectivity index (χ0n) is 16.0. The summed E-state index contributed by atoms with van der Waals surface area (Å²) in [4.78, 5) is 0. The molecule has 1 heterocycles. The number of benzene rings is 1. The Morgan fingerprint density at radius 1 is 1.15 bits per heavy atom. The summed E-state index contributed by atoms with van der Waals surface area (Å²) in [5, 5.41) is 0. The molecular weight excluding hydrogens is 327 g/mol. The van der Waals surface area contributed by atoms with Crippen LogP contribution in [0.2, 0.25) is 0 Å². The molecule has 1 fully saturated rings. The average Bonchev–Trinajstić information content (AvgIpc) is 2.68. The van der Waals surface area contributed by atoms with Gasteiger partial charge in [-0.2, -0.15) is 0 Å². The van der Waals surface area contributed by atoms with E-state index in [1.54, 1.807) is 0 Å². The summed E-state index contributed by atoms with van der Waals surface area (Å²) in [5.74, 6) is 0.550. The minimum absolute atomic E-state index is 0.153. The topological polar surface area (TPSA) is 18.5 Å². The lowest BCUT2D eigenvalue weighted by Crippen LogP contribution is -2.44. The Morgan fingerprint density at radius 2 is 1.88 bits per heavy atom. The van der Waals surface area contributed by atoms with E-state index >= 15 is 0 Å². The Bertz CT molecular complexity index is 624. The zero-order valence-corrected chi connectivity index (χ0v) is 16.0. The second kappa shape index (κ2) is 8.96. The molecule has 0 saturated carbocycles. The van der Waals surface area contributed by atoms with Gasteiger partial charge >= 0.3 is 0 Å². The first-order valence-corrected chi connectivity index (χ1v) is 10.00. The number of alkyl halides is 1. The first kappa shape index (κ1) is 19.3. The van der Waals surface area contributed by atoms with Crippen molar-refractivity contribution in [2.45, 2.75) is 64.3 Å². The molecule has 26 heavy (non-hydrogen) atoms. The maximum atomic E-state index is 14.4. The molecule has 3 rings (SSSR count). The third-order valence-electron chi connectivity index (χ3n) is 5.42. The Kier molecular flexibility index (Phi) is 6.66. The molecule has 1 unspecified atom stereocenters. The highest BCUT2D eigenvalue weighted by Gasteiger charge is 2.37. The summed E-state index contributed by atoms with van der Waals surface area (Å²) in [6.45, 7) is 4.47. The first-order chi connectivity index (χ1) is 12.6. The second-order valence-electron chi connectivity index (χ2n) is 7.62. The minimum Gasteiger partial charge on any atom is -0.345 e. The largest absolute Gasteiger partial charge is 0.345 e. The number of ether oxygens (including phenoxy) is 2. The van der Waals surface area contributed by atoms with Gasteiger partial charge in [0.25, 0.3) is 0 Å². The molecule has 1 aromatic rings. The Morgan fingerprint density at radius 3 is 2.46 bits per heavy atom. The fourth-order valence-electron chi connectivity index (χ4n) is 3.72. The maximum absolute atomic E-state index is 14.4. The van der Waals surface area contributed by atoms with Gasteiger partial charge in [-0.15, -0.1) is 0 Å². The molecule has 3 heteroatoms. The smallest absolute Gasteiger partial charge is 0.180 e. The van der Waals surface area contributed by atoms with Crippen molar-refractivity contribution in [3.63, 3.8) is 0 Å². The number of hydrogen-bond acceptors (Lipinski definition) is 2. The van der Waals surface area contributed by atoms with Gasteiger partial charge in [0.05, 0.1) is 13.2 Å². The predicted octanol–water partition coefficient (Wildman–Crippen LogP) is 5.87. The van der Waals surface area contributed by atoms with Crippen LogP contribution in [0.25, 0.3) is 6.08 Å². The van der Waals surface area contributed by atoms with Gasteiger partial charge in [0.2, 0.25) is 0 Å². The first-order valence-electron chi connectivity index (χ1n) is 10.00. The number of aryl methyl sites for hydroxylation is 1. The molecule has 142 valence electrons. The highest BCUT2D eigenvalue weighted by Crippen LogP contribution is 2.33. The van der Waals surface area contributed by atoms with Crippen LogP contribution in [0, 0.1) is 5.92 Å². The molecule has 0 radical (unpaired) electrons. The lowest BCUT2D eigenvalue weighted by Gasteiger charge is -2.36. The van der Waals surface area contributed by atoms with Crippen LogP contribution in [0.1, 0.15) is 57.1 Å². The van der Waals surface area contributed by atoms with Crippen molar-refractivity contribution >= 4 is 6.08 Å². The number of rotatable bonds is 6. The summed E-state index contributed by atoms with van der Waals surface area (Å²) in [5.41, 5.74) is 2.50. The van der Waals surface area contributed by atoms with E-state index in [2.05, 4.69) is 49.4 Å². The molecule has 0 amide bonds. The number of allylic oxidation sites excluding steroid dienone is 2. The summed E-state index contributed by atoms with van der Waals surface area (Å²) in [6.07, 6.45) is 11.9. The fraction of sp³-hybridized carbons (Fsp3) is 0.565. The summed E-state index contributed by atoms with van der Waals surface area (Å²) >= 11 is 0. The van der Waals surface area contributed by atoms with Gasteiger partial charge in [0, 0.05) is 0 Å². The highest BCUT2D eigenvalue weighted by atomic mass is 19.1. The van der Waals surface area contributed by atoms with E-state index in [4.69, 9.17) is 9.47 Å². The van der Waals surface area contributed by atoms with Crippen molar-refractivity contribution < 1.29 is 13.9 Å². The molecule has 1 atom stereocenters. The number of hydrogen-bond donors (Lipinski definition) is 0. The fourth-order valence-corrected chi connectivity index (χ4v) is 3.72.